The number of ether oxygens (including phenoxy) is 1. The van der Waals surface area contributed by atoms with E-state index in [9.17, 15) is 17.2 Å². The van der Waals surface area contributed by atoms with Gasteiger partial charge in [0.05, 0.1) is 18.1 Å². The Morgan fingerprint density at radius 3 is 2.35 bits per heavy atom. The summed E-state index contributed by atoms with van der Waals surface area (Å²) in [4.78, 5) is 1.74. The zero-order valence-electron chi connectivity index (χ0n) is 14.4. The van der Waals surface area contributed by atoms with Crippen molar-refractivity contribution in [3.05, 3.63) is 59.7 Å². The van der Waals surface area contributed by atoms with Crippen LogP contribution in [-0.2, 0) is 21.3 Å². The Morgan fingerprint density at radius 2 is 1.69 bits per heavy atom. The van der Waals surface area contributed by atoms with Gasteiger partial charge in [-0.2, -0.15) is 4.31 Å². The van der Waals surface area contributed by atoms with Crippen molar-refractivity contribution in [2.24, 2.45) is 0 Å². The fraction of sp³-hybridized carbons (Fsp3) is 0.333. The zero-order chi connectivity index (χ0) is 18.7. The van der Waals surface area contributed by atoms with E-state index in [1.165, 1.54) is 7.05 Å². The molecule has 0 radical (unpaired) electrons. The van der Waals surface area contributed by atoms with Crippen LogP contribution in [0.5, 0.6) is 0 Å². The number of anilines is 1. The van der Waals surface area contributed by atoms with Crippen molar-refractivity contribution in [1.29, 1.82) is 0 Å². The lowest BCUT2D eigenvalue weighted by Crippen LogP contribution is -2.37. The lowest BCUT2D eigenvalue weighted by atomic mass is 10.1. The summed E-state index contributed by atoms with van der Waals surface area (Å²) in [6.45, 7) is 2.77. The Balaban J connectivity index is 1.86. The summed E-state index contributed by atoms with van der Waals surface area (Å²) in [5.74, 6) is -1.85. The van der Waals surface area contributed by atoms with E-state index in [0.29, 0.717) is 19.3 Å². The van der Waals surface area contributed by atoms with Gasteiger partial charge in [0.1, 0.15) is 11.6 Å². The molecule has 0 amide bonds. The molecule has 140 valence electrons. The molecule has 2 aromatic rings. The minimum atomic E-state index is -4.02. The molecule has 2 aromatic carbocycles. The van der Waals surface area contributed by atoms with Crippen LogP contribution in [0.15, 0.2) is 47.4 Å². The first-order valence-electron chi connectivity index (χ1n) is 8.21. The maximum atomic E-state index is 13.4. The van der Waals surface area contributed by atoms with Crippen LogP contribution in [0.1, 0.15) is 5.56 Å². The van der Waals surface area contributed by atoms with E-state index in [4.69, 9.17) is 4.74 Å². The van der Waals surface area contributed by atoms with Crippen LogP contribution >= 0.6 is 0 Å². The quantitative estimate of drug-likeness (QED) is 0.798. The lowest BCUT2D eigenvalue weighted by molar-refractivity contribution is 0.122. The second kappa shape index (κ2) is 7.69. The fourth-order valence-electron chi connectivity index (χ4n) is 2.94. The second-order valence-electron chi connectivity index (χ2n) is 6.09. The van der Waals surface area contributed by atoms with E-state index >= 15 is 0 Å². The molecule has 1 aliphatic rings. The van der Waals surface area contributed by atoms with Crippen LogP contribution in [0.3, 0.4) is 0 Å². The van der Waals surface area contributed by atoms with Gasteiger partial charge in [0, 0.05) is 38.4 Å². The third-order valence-corrected chi connectivity index (χ3v) is 6.06. The highest BCUT2D eigenvalue weighted by molar-refractivity contribution is 7.89. The molecule has 0 spiro atoms. The molecule has 1 saturated heterocycles. The monoisotopic (exact) mass is 382 g/mol. The van der Waals surface area contributed by atoms with Crippen molar-refractivity contribution < 1.29 is 21.9 Å². The van der Waals surface area contributed by atoms with E-state index in [-0.39, 0.29) is 6.54 Å². The summed E-state index contributed by atoms with van der Waals surface area (Å²) >= 11 is 0. The lowest BCUT2D eigenvalue weighted by Gasteiger charge is -2.31. The Bertz CT molecular complexity index is 864. The van der Waals surface area contributed by atoms with Crippen LogP contribution in [0, 0.1) is 11.6 Å². The fourth-order valence-corrected chi connectivity index (χ4v) is 4.13. The normalized spacial score (nSPS) is 15.5. The molecule has 3 rings (SSSR count). The molecule has 1 fully saturated rings. The minimum absolute atomic E-state index is 0.0913. The van der Waals surface area contributed by atoms with Gasteiger partial charge in [-0.3, -0.25) is 0 Å². The highest BCUT2D eigenvalue weighted by Gasteiger charge is 2.24. The summed E-state index contributed by atoms with van der Waals surface area (Å²) in [5, 5.41) is 0. The Labute approximate surface area is 151 Å². The van der Waals surface area contributed by atoms with Gasteiger partial charge in [0.15, 0.2) is 0 Å². The smallest absolute Gasteiger partial charge is 0.243 e. The largest absolute Gasteiger partial charge is 0.378 e. The Morgan fingerprint density at radius 1 is 1.08 bits per heavy atom. The topological polar surface area (TPSA) is 49.9 Å². The molecule has 0 saturated carbocycles. The number of hydrogen-bond acceptors (Lipinski definition) is 4. The molecule has 1 aliphatic heterocycles. The average molecular weight is 382 g/mol. The summed E-state index contributed by atoms with van der Waals surface area (Å²) in [5.41, 5.74) is 1.75. The van der Waals surface area contributed by atoms with Gasteiger partial charge in [-0.1, -0.05) is 18.2 Å². The SMILES string of the molecule is CN(Cc1ccccc1N1CCOCC1)S(=O)(=O)c1cc(F)cc(F)c1. The molecule has 0 N–H and O–H groups in total. The van der Waals surface area contributed by atoms with Gasteiger partial charge in [0.25, 0.3) is 0 Å². The molecule has 26 heavy (non-hydrogen) atoms. The predicted molar refractivity (Wildman–Crippen MR) is 94.5 cm³/mol. The molecule has 5 nitrogen and oxygen atoms in total. The van der Waals surface area contributed by atoms with Crippen LogP contribution < -0.4 is 4.90 Å². The van der Waals surface area contributed by atoms with Crippen molar-refractivity contribution in [3.63, 3.8) is 0 Å². The van der Waals surface area contributed by atoms with Crippen molar-refractivity contribution in [1.82, 2.24) is 4.31 Å². The van der Waals surface area contributed by atoms with E-state index in [0.717, 1.165) is 40.8 Å². The molecule has 8 heteroatoms. The van der Waals surface area contributed by atoms with Crippen LogP contribution in [-0.4, -0.2) is 46.1 Å². The molecule has 0 bridgehead atoms. The molecule has 0 atom stereocenters. The Kier molecular flexibility index (Phi) is 5.55. The average Bonchev–Trinajstić information content (AvgIpc) is 2.62. The number of para-hydroxylation sites is 1. The molecule has 0 aliphatic carbocycles. The van der Waals surface area contributed by atoms with E-state index < -0.39 is 26.6 Å². The number of hydrogen-bond donors (Lipinski definition) is 0. The van der Waals surface area contributed by atoms with Gasteiger partial charge < -0.3 is 9.64 Å². The second-order valence-corrected chi connectivity index (χ2v) is 8.14. The minimum Gasteiger partial charge on any atom is -0.378 e. The highest BCUT2D eigenvalue weighted by Crippen LogP contribution is 2.25. The van der Waals surface area contributed by atoms with Crippen molar-refractivity contribution in [3.8, 4) is 0 Å². The number of morpholine rings is 1. The van der Waals surface area contributed by atoms with E-state index in [1.54, 1.807) is 0 Å². The van der Waals surface area contributed by atoms with Crippen molar-refractivity contribution >= 4 is 15.7 Å². The summed E-state index contributed by atoms with van der Waals surface area (Å²) in [6, 6.07) is 9.80. The van der Waals surface area contributed by atoms with Gasteiger partial charge >= 0.3 is 0 Å². The molecule has 1 heterocycles. The molecular formula is C18H20F2N2O3S. The maximum Gasteiger partial charge on any atom is 0.243 e. The maximum absolute atomic E-state index is 13.4. The summed E-state index contributed by atoms with van der Waals surface area (Å²) < 4.78 is 58.7. The number of benzene rings is 2. The van der Waals surface area contributed by atoms with Gasteiger partial charge in [-0.05, 0) is 23.8 Å². The number of rotatable bonds is 5. The van der Waals surface area contributed by atoms with Crippen LogP contribution in [0.4, 0.5) is 14.5 Å². The highest BCUT2D eigenvalue weighted by atomic mass is 32.2. The van der Waals surface area contributed by atoms with Crippen LogP contribution in [0.25, 0.3) is 0 Å². The molecule has 0 aromatic heterocycles. The van der Waals surface area contributed by atoms with Gasteiger partial charge in [-0.15, -0.1) is 0 Å². The standard InChI is InChI=1S/C18H20F2N2O3S/c1-21(26(23,24)17-11-15(19)10-16(20)12-17)13-14-4-2-3-5-18(14)22-6-8-25-9-7-22/h2-5,10-12H,6-9,13H2,1H3. The first-order valence-corrected chi connectivity index (χ1v) is 9.65. The summed E-state index contributed by atoms with van der Waals surface area (Å²) in [7, 11) is -2.62. The number of halogens is 2. The predicted octanol–water partition coefficient (Wildman–Crippen LogP) is 2.62. The zero-order valence-corrected chi connectivity index (χ0v) is 15.2. The van der Waals surface area contributed by atoms with Crippen molar-refractivity contribution in [2.75, 3.05) is 38.3 Å². The number of sulfonamides is 1. The summed E-state index contributed by atoms with van der Waals surface area (Å²) in [6.07, 6.45) is 0. The molecular weight excluding hydrogens is 362 g/mol. The van der Waals surface area contributed by atoms with Crippen molar-refractivity contribution in [2.45, 2.75) is 11.4 Å². The van der Waals surface area contributed by atoms with Gasteiger partial charge in [0.2, 0.25) is 10.0 Å². The molecule has 0 unspecified atom stereocenters. The third kappa shape index (κ3) is 4.03. The number of nitrogens with zero attached hydrogens (tertiary/aromatic N) is 2. The first-order chi connectivity index (χ1) is 12.4. The first kappa shape index (κ1) is 18.8. The van der Waals surface area contributed by atoms with Crippen LogP contribution in [0.2, 0.25) is 0 Å². The third-order valence-electron chi connectivity index (χ3n) is 4.28. The van der Waals surface area contributed by atoms with E-state index in [2.05, 4.69) is 4.90 Å². The Hall–Kier alpha value is -2.03. The van der Waals surface area contributed by atoms with E-state index in [1.807, 2.05) is 24.3 Å². The van der Waals surface area contributed by atoms with Gasteiger partial charge in [-0.25, -0.2) is 17.2 Å².